The normalized spacial score (nSPS) is 10.3. The third-order valence-corrected chi connectivity index (χ3v) is 4.00. The summed E-state index contributed by atoms with van der Waals surface area (Å²) in [4.78, 5) is 47.4. The largest absolute Gasteiger partial charge is 0.459 e. The SMILES string of the molecule is Cc1ccc(NC(=O)COC(=O)CCC(=O)Nc2ccc(C(=O)OC(C)C)cc2)cc1. The van der Waals surface area contributed by atoms with Crippen LogP contribution in [-0.2, 0) is 23.9 Å². The van der Waals surface area contributed by atoms with Crippen LogP contribution < -0.4 is 10.6 Å². The quantitative estimate of drug-likeness (QED) is 0.594. The Labute approximate surface area is 180 Å². The molecule has 2 N–H and O–H groups in total. The molecule has 0 bridgehead atoms. The Morgan fingerprint density at radius 3 is 1.94 bits per heavy atom. The number of carbonyl (C=O) groups excluding carboxylic acids is 4. The molecule has 0 aliphatic heterocycles. The van der Waals surface area contributed by atoms with Gasteiger partial charge in [0.05, 0.1) is 18.1 Å². The van der Waals surface area contributed by atoms with Crippen LogP contribution in [0, 0.1) is 6.92 Å². The molecule has 0 aromatic heterocycles. The van der Waals surface area contributed by atoms with E-state index in [2.05, 4.69) is 10.6 Å². The lowest BCUT2D eigenvalue weighted by Crippen LogP contribution is -2.21. The highest BCUT2D eigenvalue weighted by Crippen LogP contribution is 2.12. The van der Waals surface area contributed by atoms with Gasteiger partial charge in [0, 0.05) is 17.8 Å². The second-order valence-electron chi connectivity index (χ2n) is 7.15. The molecule has 0 heterocycles. The Morgan fingerprint density at radius 2 is 1.35 bits per heavy atom. The van der Waals surface area contributed by atoms with Crippen molar-refractivity contribution in [1.29, 1.82) is 0 Å². The van der Waals surface area contributed by atoms with E-state index in [1.807, 2.05) is 19.1 Å². The summed E-state index contributed by atoms with van der Waals surface area (Å²) in [5, 5.41) is 5.24. The van der Waals surface area contributed by atoms with Crippen LogP contribution in [0.3, 0.4) is 0 Å². The lowest BCUT2D eigenvalue weighted by atomic mass is 10.2. The van der Waals surface area contributed by atoms with Crippen molar-refractivity contribution < 1.29 is 28.7 Å². The molecule has 2 rings (SSSR count). The highest BCUT2D eigenvalue weighted by molar-refractivity contribution is 5.95. The smallest absolute Gasteiger partial charge is 0.338 e. The molecule has 2 aromatic carbocycles. The van der Waals surface area contributed by atoms with Crippen molar-refractivity contribution >= 4 is 35.1 Å². The van der Waals surface area contributed by atoms with Crippen LogP contribution in [0.4, 0.5) is 11.4 Å². The van der Waals surface area contributed by atoms with Crippen LogP contribution >= 0.6 is 0 Å². The van der Waals surface area contributed by atoms with Crippen molar-refractivity contribution in [3.63, 3.8) is 0 Å². The maximum Gasteiger partial charge on any atom is 0.338 e. The second kappa shape index (κ2) is 11.5. The summed E-state index contributed by atoms with van der Waals surface area (Å²) < 4.78 is 9.99. The van der Waals surface area contributed by atoms with Gasteiger partial charge in [-0.25, -0.2) is 4.79 Å². The number of ether oxygens (including phenoxy) is 2. The average Bonchev–Trinajstić information content (AvgIpc) is 2.72. The van der Waals surface area contributed by atoms with E-state index in [-0.39, 0.29) is 18.9 Å². The fraction of sp³-hybridized carbons (Fsp3) is 0.304. The monoisotopic (exact) mass is 426 g/mol. The zero-order chi connectivity index (χ0) is 22.8. The molecule has 31 heavy (non-hydrogen) atoms. The third-order valence-electron chi connectivity index (χ3n) is 4.00. The zero-order valence-electron chi connectivity index (χ0n) is 17.8. The van der Waals surface area contributed by atoms with Crippen molar-refractivity contribution in [2.45, 2.75) is 39.7 Å². The number of anilines is 2. The van der Waals surface area contributed by atoms with Crippen molar-refractivity contribution in [2.24, 2.45) is 0 Å². The average molecular weight is 426 g/mol. The van der Waals surface area contributed by atoms with E-state index in [0.29, 0.717) is 16.9 Å². The Bertz CT molecular complexity index is 920. The summed E-state index contributed by atoms with van der Waals surface area (Å²) in [6.07, 6.45) is -0.488. The van der Waals surface area contributed by atoms with Crippen LogP contribution in [0.25, 0.3) is 0 Å². The molecule has 164 valence electrons. The number of benzene rings is 2. The maximum absolute atomic E-state index is 12.0. The van der Waals surface area contributed by atoms with Gasteiger partial charge in [-0.15, -0.1) is 0 Å². The number of rotatable bonds is 9. The van der Waals surface area contributed by atoms with E-state index in [9.17, 15) is 19.2 Å². The Balaban J connectivity index is 1.69. The van der Waals surface area contributed by atoms with E-state index >= 15 is 0 Å². The zero-order valence-corrected chi connectivity index (χ0v) is 17.8. The van der Waals surface area contributed by atoms with Gasteiger partial charge in [0.1, 0.15) is 0 Å². The highest BCUT2D eigenvalue weighted by atomic mass is 16.5. The summed E-state index contributed by atoms with van der Waals surface area (Å²) in [5.74, 6) is -1.95. The van der Waals surface area contributed by atoms with Crippen LogP contribution in [0.1, 0.15) is 42.6 Å². The number of carbonyl (C=O) groups is 4. The topological polar surface area (TPSA) is 111 Å². The van der Waals surface area contributed by atoms with Gasteiger partial charge < -0.3 is 20.1 Å². The first kappa shape index (κ1) is 23.6. The first-order valence-corrected chi connectivity index (χ1v) is 9.86. The molecule has 8 nitrogen and oxygen atoms in total. The number of hydrogen-bond acceptors (Lipinski definition) is 6. The summed E-state index contributed by atoms with van der Waals surface area (Å²) in [7, 11) is 0. The fourth-order valence-corrected chi connectivity index (χ4v) is 2.46. The van der Waals surface area contributed by atoms with Crippen LogP contribution in [0.2, 0.25) is 0 Å². The van der Waals surface area contributed by atoms with Crippen molar-refractivity contribution in [1.82, 2.24) is 0 Å². The van der Waals surface area contributed by atoms with Gasteiger partial charge in [-0.3, -0.25) is 14.4 Å². The first-order valence-electron chi connectivity index (χ1n) is 9.86. The molecule has 0 radical (unpaired) electrons. The van der Waals surface area contributed by atoms with Crippen LogP contribution in [0.5, 0.6) is 0 Å². The van der Waals surface area contributed by atoms with Crippen molar-refractivity contribution in [2.75, 3.05) is 17.2 Å². The molecule has 0 fully saturated rings. The molecule has 0 spiro atoms. The molecule has 2 amide bonds. The minimum absolute atomic E-state index is 0.102. The number of esters is 2. The van der Waals surface area contributed by atoms with Crippen molar-refractivity contribution in [3.05, 3.63) is 59.7 Å². The van der Waals surface area contributed by atoms with Gasteiger partial charge in [-0.2, -0.15) is 0 Å². The van der Waals surface area contributed by atoms with Gasteiger partial charge in [0.15, 0.2) is 6.61 Å². The minimum Gasteiger partial charge on any atom is -0.459 e. The number of nitrogens with one attached hydrogen (secondary N) is 2. The molecular weight excluding hydrogens is 400 g/mol. The molecular formula is C23H26N2O6. The Kier molecular flexibility index (Phi) is 8.75. The molecule has 0 saturated heterocycles. The molecule has 8 heteroatoms. The maximum atomic E-state index is 12.0. The lowest BCUT2D eigenvalue weighted by molar-refractivity contribution is -0.147. The van der Waals surface area contributed by atoms with Gasteiger partial charge in [-0.05, 0) is 57.2 Å². The molecule has 0 unspecified atom stereocenters. The molecule has 0 saturated carbocycles. The van der Waals surface area contributed by atoms with E-state index < -0.39 is 30.4 Å². The first-order chi connectivity index (χ1) is 14.7. The Morgan fingerprint density at radius 1 is 0.806 bits per heavy atom. The van der Waals surface area contributed by atoms with Gasteiger partial charge in [0.2, 0.25) is 5.91 Å². The van der Waals surface area contributed by atoms with Gasteiger partial charge in [0.25, 0.3) is 5.91 Å². The van der Waals surface area contributed by atoms with E-state index in [4.69, 9.17) is 9.47 Å². The predicted molar refractivity (Wildman–Crippen MR) is 116 cm³/mol. The van der Waals surface area contributed by atoms with Crippen molar-refractivity contribution in [3.8, 4) is 0 Å². The van der Waals surface area contributed by atoms with E-state index in [0.717, 1.165) is 5.56 Å². The van der Waals surface area contributed by atoms with Crippen LogP contribution in [0.15, 0.2) is 48.5 Å². The highest BCUT2D eigenvalue weighted by Gasteiger charge is 2.12. The predicted octanol–water partition coefficient (Wildman–Crippen LogP) is 3.46. The number of amides is 2. The van der Waals surface area contributed by atoms with Gasteiger partial charge in [-0.1, -0.05) is 17.7 Å². The van der Waals surface area contributed by atoms with E-state index in [1.54, 1.807) is 50.2 Å². The summed E-state index contributed by atoms with van der Waals surface area (Å²) in [5.41, 5.74) is 2.53. The summed E-state index contributed by atoms with van der Waals surface area (Å²) in [6.45, 7) is 5.02. The second-order valence-corrected chi connectivity index (χ2v) is 7.15. The minimum atomic E-state index is -0.652. The molecule has 0 aliphatic rings. The summed E-state index contributed by atoms with van der Waals surface area (Å²) in [6, 6.07) is 13.4. The van der Waals surface area contributed by atoms with Crippen LogP contribution in [-0.4, -0.2) is 36.5 Å². The third kappa shape index (κ3) is 8.69. The molecule has 2 aromatic rings. The standard InChI is InChI=1S/C23H26N2O6/c1-15(2)31-23(29)17-6-10-19(11-7-17)24-20(26)12-13-22(28)30-14-21(27)25-18-8-4-16(3)5-9-18/h4-11,15H,12-14H2,1-3H3,(H,24,26)(H,25,27). The fourth-order valence-electron chi connectivity index (χ4n) is 2.46. The number of aryl methyl sites for hydroxylation is 1. The molecule has 0 aliphatic carbocycles. The lowest BCUT2D eigenvalue weighted by Gasteiger charge is -2.09. The number of hydrogen-bond donors (Lipinski definition) is 2. The van der Waals surface area contributed by atoms with E-state index in [1.165, 1.54) is 0 Å². The Hall–Kier alpha value is -3.68. The summed E-state index contributed by atoms with van der Waals surface area (Å²) >= 11 is 0. The van der Waals surface area contributed by atoms with Gasteiger partial charge >= 0.3 is 11.9 Å². The molecule has 0 atom stereocenters.